The zero-order valence-corrected chi connectivity index (χ0v) is 13.7. The van der Waals surface area contributed by atoms with E-state index in [2.05, 4.69) is 98.8 Å². The average Bonchev–Trinajstić information content (AvgIpc) is 2.61. The summed E-state index contributed by atoms with van der Waals surface area (Å²) in [6, 6.07) is 28.1. The lowest BCUT2D eigenvalue weighted by atomic mass is 9.92. The molecule has 0 radical (unpaired) electrons. The maximum atomic E-state index is 2.26. The van der Waals surface area contributed by atoms with Gasteiger partial charge in [-0.1, -0.05) is 104 Å². The van der Waals surface area contributed by atoms with Crippen LogP contribution in [0.5, 0.6) is 0 Å². The second-order valence-corrected chi connectivity index (χ2v) is 6.04. The first-order chi connectivity index (χ1) is 11.2. The molecule has 0 aliphatic rings. The van der Waals surface area contributed by atoms with Crippen LogP contribution in [-0.2, 0) is 0 Å². The Balaban J connectivity index is 1.74. The molecule has 0 spiro atoms. The molecule has 0 N–H and O–H groups in total. The van der Waals surface area contributed by atoms with Gasteiger partial charge in [0.05, 0.1) is 0 Å². The minimum atomic E-state index is 0.419. The van der Waals surface area contributed by atoms with Gasteiger partial charge in [-0.05, 0) is 29.2 Å². The minimum absolute atomic E-state index is 0.419. The molecular formula is C23H22. The maximum absolute atomic E-state index is 2.26. The Morgan fingerprint density at radius 3 is 1.65 bits per heavy atom. The summed E-state index contributed by atoms with van der Waals surface area (Å²) in [5, 5.41) is 0. The highest BCUT2D eigenvalue weighted by Crippen LogP contribution is 2.25. The maximum Gasteiger partial charge on any atom is 0.00610 e. The molecule has 3 aromatic carbocycles. The minimum Gasteiger partial charge on any atom is -0.0622 e. The van der Waals surface area contributed by atoms with Gasteiger partial charge in [0, 0.05) is 5.92 Å². The Hall–Kier alpha value is -2.60. The molecule has 0 aliphatic carbocycles. The number of hydrogen-bond donors (Lipinski definition) is 0. The first-order valence-corrected chi connectivity index (χ1v) is 8.12. The van der Waals surface area contributed by atoms with Crippen molar-refractivity contribution in [1.29, 1.82) is 0 Å². The van der Waals surface area contributed by atoms with Gasteiger partial charge < -0.3 is 0 Å². The van der Waals surface area contributed by atoms with Gasteiger partial charge in [0.2, 0.25) is 0 Å². The van der Waals surface area contributed by atoms with Crippen molar-refractivity contribution in [3.63, 3.8) is 0 Å². The van der Waals surface area contributed by atoms with Gasteiger partial charge in [0.15, 0.2) is 0 Å². The molecule has 0 aromatic heterocycles. The zero-order chi connectivity index (χ0) is 16.1. The first kappa shape index (κ1) is 15.3. The van der Waals surface area contributed by atoms with Crippen molar-refractivity contribution >= 4 is 12.2 Å². The fourth-order valence-corrected chi connectivity index (χ4v) is 2.70. The van der Waals surface area contributed by atoms with E-state index in [4.69, 9.17) is 0 Å². The predicted molar refractivity (Wildman–Crippen MR) is 101 cm³/mol. The highest BCUT2D eigenvalue weighted by Gasteiger charge is 2.07. The van der Waals surface area contributed by atoms with Gasteiger partial charge in [0.25, 0.3) is 0 Å². The monoisotopic (exact) mass is 298 g/mol. The predicted octanol–water partition coefficient (Wildman–Crippen LogP) is 6.32. The Morgan fingerprint density at radius 2 is 1.09 bits per heavy atom. The van der Waals surface area contributed by atoms with Gasteiger partial charge in [-0.3, -0.25) is 0 Å². The first-order valence-electron chi connectivity index (χ1n) is 8.12. The average molecular weight is 298 g/mol. The largest absolute Gasteiger partial charge is 0.0622 e. The van der Waals surface area contributed by atoms with E-state index >= 15 is 0 Å². The molecule has 0 saturated carbocycles. The summed E-state index contributed by atoms with van der Waals surface area (Å²) >= 11 is 0. The van der Waals surface area contributed by atoms with Gasteiger partial charge in [-0.2, -0.15) is 0 Å². The highest BCUT2D eigenvalue weighted by molar-refractivity contribution is 5.69. The molecule has 0 saturated heterocycles. The molecule has 0 nitrogen and oxygen atoms in total. The van der Waals surface area contributed by atoms with Crippen LogP contribution in [0.25, 0.3) is 12.2 Å². The fraction of sp³-hybridized carbons (Fsp3) is 0.130. The van der Waals surface area contributed by atoms with Crippen molar-refractivity contribution < 1.29 is 0 Å². The third-order valence-electron chi connectivity index (χ3n) is 4.28. The van der Waals surface area contributed by atoms with E-state index in [0.29, 0.717) is 5.92 Å². The molecule has 3 rings (SSSR count). The third-order valence-corrected chi connectivity index (χ3v) is 4.28. The number of hydrogen-bond acceptors (Lipinski definition) is 0. The molecule has 23 heavy (non-hydrogen) atoms. The summed E-state index contributed by atoms with van der Waals surface area (Å²) < 4.78 is 0. The second kappa shape index (κ2) is 7.11. The van der Waals surface area contributed by atoms with Crippen LogP contribution in [-0.4, -0.2) is 0 Å². The van der Waals surface area contributed by atoms with Crippen LogP contribution >= 0.6 is 0 Å². The van der Waals surface area contributed by atoms with E-state index in [0.717, 1.165) is 0 Å². The normalized spacial score (nSPS) is 12.4. The standard InChI is InChI=1S/C23H22/c1-18-8-14-22(15-9-18)19(2)23-16-12-21(13-17-23)11-10-20-6-4-3-5-7-20/h3-17,19H,1-2H3/b11-10+/t19-/m0/s1. The second-order valence-electron chi connectivity index (χ2n) is 6.04. The van der Waals surface area contributed by atoms with Crippen LogP contribution in [0.3, 0.4) is 0 Å². The topological polar surface area (TPSA) is 0 Å². The van der Waals surface area contributed by atoms with Gasteiger partial charge in [-0.25, -0.2) is 0 Å². The van der Waals surface area contributed by atoms with Crippen molar-refractivity contribution in [2.24, 2.45) is 0 Å². The summed E-state index contributed by atoms with van der Waals surface area (Å²) in [5.74, 6) is 0.419. The van der Waals surface area contributed by atoms with Crippen molar-refractivity contribution in [2.75, 3.05) is 0 Å². The van der Waals surface area contributed by atoms with E-state index in [-0.39, 0.29) is 0 Å². The molecule has 0 heterocycles. The summed E-state index contributed by atoms with van der Waals surface area (Å²) in [7, 11) is 0. The lowest BCUT2D eigenvalue weighted by molar-refractivity contribution is 0.921. The zero-order valence-electron chi connectivity index (χ0n) is 13.7. The molecule has 3 aromatic rings. The van der Waals surface area contributed by atoms with Crippen molar-refractivity contribution in [1.82, 2.24) is 0 Å². The lowest BCUT2D eigenvalue weighted by Crippen LogP contribution is -1.95. The Labute approximate surface area is 139 Å². The van der Waals surface area contributed by atoms with Crippen LogP contribution in [0.15, 0.2) is 78.9 Å². The van der Waals surface area contributed by atoms with Crippen LogP contribution in [0.2, 0.25) is 0 Å². The Kier molecular flexibility index (Phi) is 4.73. The van der Waals surface area contributed by atoms with E-state index in [1.165, 1.54) is 27.8 Å². The van der Waals surface area contributed by atoms with Gasteiger partial charge in [0.1, 0.15) is 0 Å². The van der Waals surface area contributed by atoms with Crippen molar-refractivity contribution in [3.05, 3.63) is 107 Å². The molecule has 0 bridgehead atoms. The molecular weight excluding hydrogens is 276 g/mol. The van der Waals surface area contributed by atoms with Crippen LogP contribution in [0.1, 0.15) is 40.7 Å². The molecule has 114 valence electrons. The summed E-state index contributed by atoms with van der Waals surface area (Å²) in [6.07, 6.45) is 4.31. The SMILES string of the molecule is Cc1ccc([C@H](C)c2ccc(/C=C/c3ccccc3)cc2)cc1. The van der Waals surface area contributed by atoms with Gasteiger partial charge in [-0.15, -0.1) is 0 Å². The highest BCUT2D eigenvalue weighted by atomic mass is 14.1. The fourth-order valence-electron chi connectivity index (χ4n) is 2.70. The lowest BCUT2D eigenvalue weighted by Gasteiger charge is -2.13. The smallest absolute Gasteiger partial charge is 0.00610 e. The number of benzene rings is 3. The summed E-state index contributed by atoms with van der Waals surface area (Å²) in [5.41, 5.74) is 6.48. The quantitative estimate of drug-likeness (QED) is 0.495. The van der Waals surface area contributed by atoms with E-state index in [1.54, 1.807) is 0 Å². The molecule has 1 atom stereocenters. The van der Waals surface area contributed by atoms with Crippen LogP contribution in [0.4, 0.5) is 0 Å². The molecule has 0 fully saturated rings. The molecule has 0 amide bonds. The number of rotatable bonds is 4. The van der Waals surface area contributed by atoms with Crippen LogP contribution < -0.4 is 0 Å². The van der Waals surface area contributed by atoms with E-state index in [9.17, 15) is 0 Å². The van der Waals surface area contributed by atoms with E-state index < -0.39 is 0 Å². The van der Waals surface area contributed by atoms with Crippen molar-refractivity contribution in [2.45, 2.75) is 19.8 Å². The Morgan fingerprint density at radius 1 is 0.609 bits per heavy atom. The van der Waals surface area contributed by atoms with Crippen molar-refractivity contribution in [3.8, 4) is 0 Å². The van der Waals surface area contributed by atoms with E-state index in [1.807, 2.05) is 6.07 Å². The molecule has 0 unspecified atom stereocenters. The summed E-state index contributed by atoms with van der Waals surface area (Å²) in [6.45, 7) is 4.39. The van der Waals surface area contributed by atoms with Crippen LogP contribution in [0, 0.1) is 6.92 Å². The Bertz CT molecular complexity index is 763. The summed E-state index contributed by atoms with van der Waals surface area (Å²) in [4.78, 5) is 0. The molecule has 0 heteroatoms. The molecule has 0 aliphatic heterocycles. The number of aryl methyl sites for hydroxylation is 1. The third kappa shape index (κ3) is 3.98. The van der Waals surface area contributed by atoms with Gasteiger partial charge >= 0.3 is 0 Å².